The van der Waals surface area contributed by atoms with Crippen LogP contribution in [0, 0.1) is 13.8 Å². The van der Waals surface area contributed by atoms with Crippen LogP contribution in [0.2, 0.25) is 0 Å². The van der Waals surface area contributed by atoms with Gasteiger partial charge >= 0.3 is 0 Å². The fourth-order valence-corrected chi connectivity index (χ4v) is 3.88. The van der Waals surface area contributed by atoms with Crippen molar-refractivity contribution in [1.82, 2.24) is 15.0 Å². The number of hydrogen-bond acceptors (Lipinski definition) is 5. The Labute approximate surface area is 147 Å². The fraction of sp³-hybridized carbons (Fsp3) is 0.556. The number of aryl methyl sites for hydroxylation is 3. The highest BCUT2D eigenvalue weighted by atomic mass is 32.1. The molecule has 2 aromatic heterocycles. The average molecular weight is 347 g/mol. The molecule has 6 heteroatoms. The van der Waals surface area contributed by atoms with Crippen LogP contribution >= 0.6 is 11.3 Å². The molecule has 0 aliphatic carbocycles. The predicted molar refractivity (Wildman–Crippen MR) is 95.1 cm³/mol. The van der Waals surface area contributed by atoms with E-state index in [9.17, 15) is 4.79 Å². The van der Waals surface area contributed by atoms with Crippen molar-refractivity contribution in [2.45, 2.75) is 39.7 Å². The molecule has 1 aliphatic rings. The fourth-order valence-electron chi connectivity index (χ4n) is 3.17. The number of amides is 1. The molecule has 0 spiro atoms. The van der Waals surface area contributed by atoms with E-state index in [4.69, 9.17) is 4.52 Å². The Kier molecular flexibility index (Phi) is 5.68. The zero-order chi connectivity index (χ0) is 16.9. The van der Waals surface area contributed by atoms with Crippen LogP contribution in [0.15, 0.2) is 22.0 Å². The van der Waals surface area contributed by atoms with Gasteiger partial charge in [0.25, 0.3) is 0 Å². The van der Waals surface area contributed by atoms with E-state index in [1.807, 2.05) is 24.8 Å². The van der Waals surface area contributed by atoms with Gasteiger partial charge in [-0.3, -0.25) is 9.69 Å². The van der Waals surface area contributed by atoms with Crippen LogP contribution in [0.25, 0.3) is 0 Å². The van der Waals surface area contributed by atoms with E-state index < -0.39 is 0 Å². The molecule has 0 aromatic carbocycles. The van der Waals surface area contributed by atoms with E-state index in [1.54, 1.807) is 11.3 Å². The van der Waals surface area contributed by atoms with E-state index in [0.29, 0.717) is 6.42 Å². The summed E-state index contributed by atoms with van der Waals surface area (Å²) < 4.78 is 5.25. The quantitative estimate of drug-likeness (QED) is 0.834. The topological polar surface area (TPSA) is 49.6 Å². The molecule has 0 atom stereocenters. The highest BCUT2D eigenvalue weighted by Crippen LogP contribution is 2.17. The van der Waals surface area contributed by atoms with Crippen molar-refractivity contribution in [3.8, 4) is 0 Å². The summed E-state index contributed by atoms with van der Waals surface area (Å²) in [7, 11) is 0. The van der Waals surface area contributed by atoms with Gasteiger partial charge in [-0.15, -0.1) is 11.3 Å². The van der Waals surface area contributed by atoms with Gasteiger partial charge in [-0.05, 0) is 38.1 Å². The summed E-state index contributed by atoms with van der Waals surface area (Å²) in [5.74, 6) is 1.18. The zero-order valence-corrected chi connectivity index (χ0v) is 15.3. The van der Waals surface area contributed by atoms with Gasteiger partial charge in [0.05, 0.1) is 5.69 Å². The Morgan fingerprint density at radius 3 is 2.88 bits per heavy atom. The lowest BCUT2D eigenvalue weighted by Crippen LogP contribution is -2.35. The summed E-state index contributed by atoms with van der Waals surface area (Å²) in [6, 6.07) is 4.15. The Hall–Kier alpha value is -1.66. The summed E-state index contributed by atoms with van der Waals surface area (Å²) >= 11 is 1.73. The molecule has 5 nitrogen and oxygen atoms in total. The highest BCUT2D eigenvalue weighted by Gasteiger charge is 2.21. The van der Waals surface area contributed by atoms with E-state index in [2.05, 4.69) is 21.5 Å². The van der Waals surface area contributed by atoms with Gasteiger partial charge in [0.1, 0.15) is 5.76 Å². The third-order valence-electron chi connectivity index (χ3n) is 4.67. The standard InChI is InChI=1S/C18H25N3O2S/c1-14-17(15(2)23-19-14)13-20-8-4-9-21(11-10-20)18(22)7-6-16-5-3-12-24-16/h3,5,12H,4,6-11,13H2,1-2H3. The maximum atomic E-state index is 12.5. The minimum Gasteiger partial charge on any atom is -0.361 e. The molecule has 24 heavy (non-hydrogen) atoms. The third kappa shape index (κ3) is 4.24. The van der Waals surface area contributed by atoms with Crippen LogP contribution < -0.4 is 0 Å². The SMILES string of the molecule is Cc1noc(C)c1CN1CCCN(C(=O)CCc2cccs2)CC1. The lowest BCUT2D eigenvalue weighted by molar-refractivity contribution is -0.131. The molecule has 130 valence electrons. The summed E-state index contributed by atoms with van der Waals surface area (Å²) in [6.07, 6.45) is 2.49. The lowest BCUT2D eigenvalue weighted by Gasteiger charge is -2.22. The van der Waals surface area contributed by atoms with Gasteiger partial charge in [-0.2, -0.15) is 0 Å². The molecule has 3 heterocycles. The smallest absolute Gasteiger partial charge is 0.222 e. The summed E-state index contributed by atoms with van der Waals surface area (Å²) in [6.45, 7) is 8.41. The maximum absolute atomic E-state index is 12.5. The molecule has 1 aliphatic heterocycles. The largest absolute Gasteiger partial charge is 0.361 e. The van der Waals surface area contributed by atoms with Gasteiger partial charge in [0.15, 0.2) is 0 Å². The Balaban J connectivity index is 1.50. The zero-order valence-electron chi connectivity index (χ0n) is 14.5. The first-order valence-electron chi connectivity index (χ1n) is 8.58. The average Bonchev–Trinajstić information content (AvgIpc) is 3.12. The molecular formula is C18H25N3O2S. The van der Waals surface area contributed by atoms with Crippen LogP contribution in [0.3, 0.4) is 0 Å². The number of hydrogen-bond donors (Lipinski definition) is 0. The summed E-state index contributed by atoms with van der Waals surface area (Å²) in [5, 5.41) is 6.10. The second kappa shape index (κ2) is 7.94. The van der Waals surface area contributed by atoms with Crippen molar-refractivity contribution >= 4 is 17.2 Å². The van der Waals surface area contributed by atoms with E-state index >= 15 is 0 Å². The van der Waals surface area contributed by atoms with Crippen LogP contribution in [-0.2, 0) is 17.8 Å². The van der Waals surface area contributed by atoms with Crippen LogP contribution in [0.5, 0.6) is 0 Å². The van der Waals surface area contributed by atoms with Gasteiger partial charge in [0.2, 0.25) is 5.91 Å². The molecule has 2 aromatic rings. The normalized spacial score (nSPS) is 16.3. The lowest BCUT2D eigenvalue weighted by atomic mass is 10.2. The van der Waals surface area contributed by atoms with E-state index in [0.717, 1.165) is 57.0 Å². The second-order valence-corrected chi connectivity index (χ2v) is 7.42. The highest BCUT2D eigenvalue weighted by molar-refractivity contribution is 7.09. The molecule has 1 amide bonds. The number of aromatic nitrogens is 1. The van der Waals surface area contributed by atoms with Crippen molar-refractivity contribution in [2.75, 3.05) is 26.2 Å². The van der Waals surface area contributed by atoms with Crippen molar-refractivity contribution in [1.29, 1.82) is 0 Å². The van der Waals surface area contributed by atoms with E-state index in [1.165, 1.54) is 10.4 Å². The number of thiophene rings is 1. The van der Waals surface area contributed by atoms with Crippen molar-refractivity contribution in [2.24, 2.45) is 0 Å². The molecule has 0 unspecified atom stereocenters. The molecule has 1 saturated heterocycles. The summed E-state index contributed by atoms with van der Waals surface area (Å²) in [4.78, 5) is 18.2. The van der Waals surface area contributed by atoms with Crippen molar-refractivity contribution in [3.63, 3.8) is 0 Å². The number of nitrogens with zero attached hydrogens (tertiary/aromatic N) is 3. The first-order valence-corrected chi connectivity index (χ1v) is 9.45. The van der Waals surface area contributed by atoms with Gasteiger partial charge in [0, 0.05) is 49.6 Å². The van der Waals surface area contributed by atoms with Crippen molar-refractivity contribution in [3.05, 3.63) is 39.4 Å². The van der Waals surface area contributed by atoms with Crippen molar-refractivity contribution < 1.29 is 9.32 Å². The Morgan fingerprint density at radius 1 is 1.29 bits per heavy atom. The molecule has 0 radical (unpaired) electrons. The molecule has 1 fully saturated rings. The number of carbonyl (C=O) groups excluding carboxylic acids is 1. The first-order chi connectivity index (χ1) is 11.6. The van der Waals surface area contributed by atoms with Gasteiger partial charge in [-0.25, -0.2) is 0 Å². The van der Waals surface area contributed by atoms with Gasteiger partial charge in [-0.1, -0.05) is 11.2 Å². The van der Waals surface area contributed by atoms with Gasteiger partial charge < -0.3 is 9.42 Å². The first kappa shape index (κ1) is 17.2. The number of carbonyl (C=O) groups is 1. The second-order valence-electron chi connectivity index (χ2n) is 6.39. The molecule has 0 saturated carbocycles. The molecule has 0 bridgehead atoms. The van der Waals surface area contributed by atoms with Crippen LogP contribution in [0.4, 0.5) is 0 Å². The Bertz CT molecular complexity index is 646. The molecule has 0 N–H and O–H groups in total. The van der Waals surface area contributed by atoms with E-state index in [-0.39, 0.29) is 5.91 Å². The minimum atomic E-state index is 0.280. The summed E-state index contributed by atoms with van der Waals surface area (Å²) in [5.41, 5.74) is 2.16. The Morgan fingerprint density at radius 2 is 2.17 bits per heavy atom. The molecule has 3 rings (SSSR count). The third-order valence-corrected chi connectivity index (χ3v) is 5.61. The number of rotatable bonds is 5. The maximum Gasteiger partial charge on any atom is 0.222 e. The predicted octanol–water partition coefficient (Wildman–Crippen LogP) is 3.02. The minimum absolute atomic E-state index is 0.280. The van der Waals surface area contributed by atoms with Crippen LogP contribution in [0.1, 0.15) is 34.7 Å². The monoisotopic (exact) mass is 347 g/mol. The molecular weight excluding hydrogens is 322 g/mol. The van der Waals surface area contributed by atoms with Crippen LogP contribution in [-0.4, -0.2) is 47.0 Å².